The van der Waals surface area contributed by atoms with Crippen molar-refractivity contribution in [3.8, 4) is 0 Å². The topological polar surface area (TPSA) is 102 Å². The van der Waals surface area contributed by atoms with Crippen molar-refractivity contribution in [1.82, 2.24) is 15.2 Å². The van der Waals surface area contributed by atoms with Crippen LogP contribution in [0.1, 0.15) is 36.8 Å². The van der Waals surface area contributed by atoms with Gasteiger partial charge in [0.2, 0.25) is 0 Å². The lowest BCUT2D eigenvalue weighted by Crippen LogP contribution is -2.22. The fourth-order valence-corrected chi connectivity index (χ4v) is 3.51. The third-order valence-electron chi connectivity index (χ3n) is 3.09. The molecule has 0 saturated carbocycles. The number of hydrogen-bond acceptors (Lipinski definition) is 5. The molecule has 1 fully saturated rings. The molecule has 0 radical (unpaired) electrons. The molecule has 1 aliphatic rings. The molecule has 6 nitrogen and oxygen atoms in total. The van der Waals surface area contributed by atoms with Crippen LogP contribution in [0.3, 0.4) is 0 Å². The van der Waals surface area contributed by atoms with Crippen LogP contribution < -0.4 is 5.73 Å². The van der Waals surface area contributed by atoms with E-state index in [1.807, 2.05) is 0 Å². The molecule has 0 atom stereocenters. The summed E-state index contributed by atoms with van der Waals surface area (Å²) in [6.07, 6.45) is 2.95. The molecule has 7 heteroatoms. The van der Waals surface area contributed by atoms with Crippen molar-refractivity contribution in [3.63, 3.8) is 0 Å². The zero-order chi connectivity index (χ0) is 12.3. The predicted octanol–water partition coefficient (Wildman–Crippen LogP) is -0.0118. The quantitative estimate of drug-likeness (QED) is 0.790. The van der Waals surface area contributed by atoms with Crippen LogP contribution in [0.2, 0.25) is 0 Å². The highest BCUT2D eigenvalue weighted by Gasteiger charge is 2.27. The summed E-state index contributed by atoms with van der Waals surface area (Å²) in [7, 11) is -2.81. The van der Waals surface area contributed by atoms with Gasteiger partial charge < -0.3 is 5.73 Å². The van der Waals surface area contributed by atoms with E-state index in [0.29, 0.717) is 19.4 Å². The maximum atomic E-state index is 11.3. The fraction of sp³-hybridized carbons (Fsp3) is 0.800. The molecule has 17 heavy (non-hydrogen) atoms. The molecule has 1 aliphatic heterocycles. The number of nitrogens with zero attached hydrogens (tertiary/aromatic N) is 2. The molecule has 1 aromatic heterocycles. The highest BCUT2D eigenvalue weighted by molar-refractivity contribution is 7.91. The number of nitrogens with one attached hydrogen (secondary N) is 1. The molecule has 2 rings (SSSR count). The van der Waals surface area contributed by atoms with E-state index in [0.717, 1.165) is 24.5 Å². The van der Waals surface area contributed by atoms with Gasteiger partial charge in [0, 0.05) is 12.3 Å². The van der Waals surface area contributed by atoms with Crippen molar-refractivity contribution < 1.29 is 8.42 Å². The van der Waals surface area contributed by atoms with Crippen molar-refractivity contribution in [2.24, 2.45) is 5.73 Å². The first kappa shape index (κ1) is 12.5. The Balaban J connectivity index is 1.96. The Hall–Kier alpha value is -0.950. The van der Waals surface area contributed by atoms with Crippen LogP contribution in [0.4, 0.5) is 0 Å². The summed E-state index contributed by atoms with van der Waals surface area (Å²) in [6.45, 7) is 0.637. The summed E-state index contributed by atoms with van der Waals surface area (Å²) in [5.74, 6) is 2.29. The number of rotatable bonds is 4. The van der Waals surface area contributed by atoms with Crippen molar-refractivity contribution >= 4 is 9.84 Å². The minimum Gasteiger partial charge on any atom is -0.330 e. The molecule has 0 aromatic carbocycles. The van der Waals surface area contributed by atoms with E-state index in [-0.39, 0.29) is 17.4 Å². The van der Waals surface area contributed by atoms with Gasteiger partial charge in [-0.05, 0) is 25.8 Å². The molecule has 0 spiro atoms. The normalized spacial score (nSPS) is 20.5. The van der Waals surface area contributed by atoms with Gasteiger partial charge in [0.05, 0.1) is 11.5 Å². The maximum absolute atomic E-state index is 11.3. The molecule has 0 unspecified atom stereocenters. The number of H-pyrrole nitrogens is 1. The zero-order valence-corrected chi connectivity index (χ0v) is 10.5. The average Bonchev–Trinajstić information content (AvgIpc) is 2.75. The number of nitrogens with two attached hydrogens (primary N) is 1. The van der Waals surface area contributed by atoms with Crippen molar-refractivity contribution in [2.75, 3.05) is 18.1 Å². The fourth-order valence-electron chi connectivity index (χ4n) is 2.02. The lowest BCUT2D eigenvalue weighted by Gasteiger charge is -2.18. The van der Waals surface area contributed by atoms with Crippen LogP contribution >= 0.6 is 0 Å². The Labute approximate surface area is 101 Å². The summed E-state index contributed by atoms with van der Waals surface area (Å²) >= 11 is 0. The summed E-state index contributed by atoms with van der Waals surface area (Å²) in [6, 6.07) is 0. The van der Waals surface area contributed by atoms with Gasteiger partial charge >= 0.3 is 0 Å². The molecule has 96 valence electrons. The van der Waals surface area contributed by atoms with E-state index < -0.39 is 9.84 Å². The molecule has 3 N–H and O–H groups in total. The Kier molecular flexibility index (Phi) is 3.78. The number of aromatic amines is 1. The highest BCUT2D eigenvalue weighted by Crippen LogP contribution is 2.26. The molecule has 2 heterocycles. The van der Waals surface area contributed by atoms with Crippen molar-refractivity contribution in [3.05, 3.63) is 11.6 Å². The van der Waals surface area contributed by atoms with Crippen LogP contribution in [0.15, 0.2) is 0 Å². The first-order valence-corrected chi connectivity index (χ1v) is 7.74. The third-order valence-corrected chi connectivity index (χ3v) is 4.80. The molecule has 0 amide bonds. The summed E-state index contributed by atoms with van der Waals surface area (Å²) in [5, 5.41) is 7.06. The van der Waals surface area contributed by atoms with E-state index in [2.05, 4.69) is 15.2 Å². The SMILES string of the molecule is NCCCc1nc(C2CCS(=O)(=O)CC2)n[nH]1. The minimum atomic E-state index is -2.81. The number of aryl methyl sites for hydroxylation is 1. The number of sulfone groups is 1. The van der Waals surface area contributed by atoms with Crippen molar-refractivity contribution in [1.29, 1.82) is 0 Å². The Bertz CT molecular complexity index is 454. The van der Waals surface area contributed by atoms with Gasteiger partial charge in [0.15, 0.2) is 5.82 Å². The zero-order valence-electron chi connectivity index (χ0n) is 9.72. The van der Waals surface area contributed by atoms with Gasteiger partial charge in [0.25, 0.3) is 0 Å². The Morgan fingerprint density at radius 1 is 1.35 bits per heavy atom. The van der Waals surface area contributed by atoms with Crippen LogP contribution in [0, 0.1) is 0 Å². The molecular formula is C10H18N4O2S. The van der Waals surface area contributed by atoms with E-state index in [1.54, 1.807) is 0 Å². The van der Waals surface area contributed by atoms with Gasteiger partial charge in [-0.2, -0.15) is 5.10 Å². The van der Waals surface area contributed by atoms with E-state index in [9.17, 15) is 8.42 Å². The minimum absolute atomic E-state index is 0.182. The summed E-state index contributed by atoms with van der Waals surface area (Å²) in [4.78, 5) is 4.40. The largest absolute Gasteiger partial charge is 0.330 e. The van der Waals surface area contributed by atoms with E-state index >= 15 is 0 Å². The molecule has 0 bridgehead atoms. The lowest BCUT2D eigenvalue weighted by molar-refractivity contribution is 0.537. The van der Waals surface area contributed by atoms with Gasteiger partial charge in [0.1, 0.15) is 15.7 Å². The summed E-state index contributed by atoms with van der Waals surface area (Å²) < 4.78 is 22.6. The lowest BCUT2D eigenvalue weighted by atomic mass is 10.0. The smallest absolute Gasteiger partial charge is 0.153 e. The maximum Gasteiger partial charge on any atom is 0.153 e. The number of hydrogen-bond donors (Lipinski definition) is 2. The second-order valence-corrected chi connectivity index (χ2v) is 6.76. The van der Waals surface area contributed by atoms with Crippen LogP contribution in [-0.4, -0.2) is 41.6 Å². The monoisotopic (exact) mass is 258 g/mol. The van der Waals surface area contributed by atoms with Gasteiger partial charge in [-0.15, -0.1) is 0 Å². The first-order chi connectivity index (χ1) is 8.11. The molecule has 1 aromatic rings. The molecule has 0 aliphatic carbocycles. The molecular weight excluding hydrogens is 240 g/mol. The van der Waals surface area contributed by atoms with Crippen LogP contribution in [0.5, 0.6) is 0 Å². The highest BCUT2D eigenvalue weighted by atomic mass is 32.2. The van der Waals surface area contributed by atoms with Gasteiger partial charge in [-0.25, -0.2) is 13.4 Å². The Morgan fingerprint density at radius 3 is 2.71 bits per heavy atom. The standard InChI is InChI=1S/C10H18N4O2S/c11-5-1-2-9-12-10(14-13-9)8-3-6-17(15,16)7-4-8/h8H,1-7,11H2,(H,12,13,14). The van der Waals surface area contributed by atoms with E-state index in [1.165, 1.54) is 0 Å². The van der Waals surface area contributed by atoms with Gasteiger partial charge in [-0.3, -0.25) is 5.10 Å². The van der Waals surface area contributed by atoms with Crippen LogP contribution in [-0.2, 0) is 16.3 Å². The Morgan fingerprint density at radius 2 is 2.06 bits per heavy atom. The predicted molar refractivity (Wildman–Crippen MR) is 64.4 cm³/mol. The summed E-state index contributed by atoms with van der Waals surface area (Å²) in [5.41, 5.74) is 5.43. The molecule has 1 saturated heterocycles. The second kappa shape index (κ2) is 5.14. The van der Waals surface area contributed by atoms with Crippen molar-refractivity contribution in [2.45, 2.75) is 31.6 Å². The first-order valence-electron chi connectivity index (χ1n) is 5.92. The number of aromatic nitrogens is 3. The second-order valence-electron chi connectivity index (χ2n) is 4.46. The average molecular weight is 258 g/mol. The van der Waals surface area contributed by atoms with E-state index in [4.69, 9.17) is 5.73 Å². The van der Waals surface area contributed by atoms with Gasteiger partial charge in [-0.1, -0.05) is 0 Å². The third kappa shape index (κ3) is 3.26. The van der Waals surface area contributed by atoms with Crippen LogP contribution in [0.25, 0.3) is 0 Å².